The second-order valence-corrected chi connectivity index (χ2v) is 9.78. The molecule has 0 fully saturated rings. The quantitative estimate of drug-likeness (QED) is 0.632. The van der Waals surface area contributed by atoms with Gasteiger partial charge >= 0.3 is 0 Å². The lowest BCUT2D eigenvalue weighted by molar-refractivity contribution is 0.1000. The number of nitrogens with two attached hydrogens (primary N) is 1. The summed E-state index contributed by atoms with van der Waals surface area (Å²) in [7, 11) is -1.24. The smallest absolute Gasteiger partial charge is 0.248 e. The van der Waals surface area contributed by atoms with E-state index in [1.165, 1.54) is 42.7 Å². The van der Waals surface area contributed by atoms with Gasteiger partial charge in [0.2, 0.25) is 5.91 Å². The number of likely N-dealkylation sites (N-methyl/N-ethyl adjacent to an activating group) is 1. The molecule has 0 aliphatic heterocycles. The fraction of sp³-hybridized carbons (Fsp3) is 0.435. The minimum Gasteiger partial charge on any atom is -0.366 e. The average Bonchev–Trinajstić information content (AvgIpc) is 2.68. The molecule has 0 spiro atoms. The van der Waals surface area contributed by atoms with Crippen LogP contribution in [0.2, 0.25) is 5.02 Å². The first-order chi connectivity index (χ1) is 14.0. The summed E-state index contributed by atoms with van der Waals surface area (Å²) in [4.78, 5) is 10.8. The Hall–Kier alpha value is -1.89. The Balaban J connectivity index is 0.000000450. The average molecular weight is 455 g/mol. The van der Waals surface area contributed by atoms with Gasteiger partial charge in [0.25, 0.3) is 0 Å². The molecule has 30 heavy (non-hydrogen) atoms. The predicted octanol–water partition coefficient (Wildman–Crippen LogP) is 4.73. The zero-order chi connectivity index (χ0) is 23.2. The summed E-state index contributed by atoms with van der Waals surface area (Å²) in [5.74, 6) is 0.329. The fourth-order valence-corrected chi connectivity index (χ4v) is 3.12. The molecular formula is C23H35ClN2O3S. The molecule has 0 bridgehead atoms. The first kappa shape index (κ1) is 28.1. The van der Waals surface area contributed by atoms with E-state index in [9.17, 15) is 13.2 Å². The van der Waals surface area contributed by atoms with Crippen molar-refractivity contribution in [1.82, 2.24) is 5.32 Å². The summed E-state index contributed by atoms with van der Waals surface area (Å²) in [6.45, 7) is 7.74. The topological polar surface area (TPSA) is 89.3 Å². The molecular weight excluding hydrogens is 420 g/mol. The van der Waals surface area contributed by atoms with Crippen LogP contribution in [0.4, 0.5) is 0 Å². The highest BCUT2D eigenvalue weighted by molar-refractivity contribution is 7.90. The van der Waals surface area contributed by atoms with Gasteiger partial charge in [-0.25, -0.2) is 8.42 Å². The first-order valence-electron chi connectivity index (χ1n) is 10.00. The minimum absolute atomic E-state index is 0.178. The van der Waals surface area contributed by atoms with Crippen molar-refractivity contribution < 1.29 is 13.2 Å². The molecule has 3 N–H and O–H groups in total. The van der Waals surface area contributed by atoms with E-state index >= 15 is 0 Å². The SMILES string of the molecule is CCCC(C)C.CNCCc1ccc(Cl)cc1.CS(=O)(=O)c1ccc(C(N)=O)cc1. The number of primary amides is 1. The molecule has 1 amide bonds. The van der Waals surface area contributed by atoms with E-state index in [0.29, 0.717) is 5.56 Å². The maximum atomic E-state index is 11.0. The van der Waals surface area contributed by atoms with Gasteiger partial charge in [0.15, 0.2) is 9.84 Å². The Kier molecular flexibility index (Phi) is 14.0. The second kappa shape index (κ2) is 15.0. The minimum atomic E-state index is -3.20. The van der Waals surface area contributed by atoms with E-state index < -0.39 is 15.7 Å². The Morgan fingerprint density at radius 1 is 1.07 bits per heavy atom. The van der Waals surface area contributed by atoms with Crippen molar-refractivity contribution >= 4 is 27.3 Å². The summed E-state index contributed by atoms with van der Waals surface area (Å²) in [6, 6.07) is 13.4. The van der Waals surface area contributed by atoms with Gasteiger partial charge in [-0.15, -0.1) is 0 Å². The van der Waals surface area contributed by atoms with Gasteiger partial charge in [-0.3, -0.25) is 4.79 Å². The number of carbonyl (C=O) groups excluding carboxylic acids is 1. The van der Waals surface area contributed by atoms with Crippen LogP contribution in [0.25, 0.3) is 0 Å². The summed E-state index contributed by atoms with van der Waals surface area (Å²) < 4.78 is 22.0. The Morgan fingerprint density at radius 3 is 1.93 bits per heavy atom. The first-order valence-corrected chi connectivity index (χ1v) is 12.3. The van der Waals surface area contributed by atoms with Crippen LogP contribution < -0.4 is 11.1 Å². The monoisotopic (exact) mass is 454 g/mol. The van der Waals surface area contributed by atoms with E-state index in [4.69, 9.17) is 17.3 Å². The summed E-state index contributed by atoms with van der Waals surface area (Å²) in [6.07, 6.45) is 4.87. The highest BCUT2D eigenvalue weighted by Gasteiger charge is 2.07. The van der Waals surface area contributed by atoms with Crippen LogP contribution in [-0.2, 0) is 16.3 Å². The molecule has 0 unspecified atom stereocenters. The van der Waals surface area contributed by atoms with E-state index in [0.717, 1.165) is 30.2 Å². The van der Waals surface area contributed by atoms with Crippen molar-refractivity contribution in [1.29, 1.82) is 0 Å². The Bertz CT molecular complexity index is 834. The number of carbonyl (C=O) groups is 1. The van der Waals surface area contributed by atoms with Crippen molar-refractivity contribution in [3.05, 3.63) is 64.7 Å². The molecule has 5 nitrogen and oxygen atoms in total. The molecule has 0 aliphatic carbocycles. The van der Waals surface area contributed by atoms with E-state index in [1.807, 2.05) is 19.2 Å². The van der Waals surface area contributed by atoms with Crippen LogP contribution in [0.3, 0.4) is 0 Å². The third-order valence-corrected chi connectivity index (χ3v) is 5.39. The van der Waals surface area contributed by atoms with Gasteiger partial charge in [0.1, 0.15) is 0 Å². The lowest BCUT2D eigenvalue weighted by atomic mass is 10.1. The van der Waals surface area contributed by atoms with Crippen LogP contribution in [0.5, 0.6) is 0 Å². The van der Waals surface area contributed by atoms with E-state index in [1.54, 1.807) is 0 Å². The Labute approximate surface area is 186 Å². The van der Waals surface area contributed by atoms with E-state index in [-0.39, 0.29) is 4.90 Å². The predicted molar refractivity (Wildman–Crippen MR) is 127 cm³/mol. The number of amides is 1. The number of nitrogens with one attached hydrogen (secondary N) is 1. The van der Waals surface area contributed by atoms with E-state index in [2.05, 4.69) is 38.2 Å². The zero-order valence-electron chi connectivity index (χ0n) is 18.6. The number of halogens is 1. The highest BCUT2D eigenvalue weighted by Crippen LogP contribution is 2.10. The molecule has 2 aromatic carbocycles. The highest BCUT2D eigenvalue weighted by atomic mass is 35.5. The number of rotatable bonds is 7. The third-order valence-electron chi connectivity index (χ3n) is 4.01. The van der Waals surface area contributed by atoms with Crippen LogP contribution in [0, 0.1) is 5.92 Å². The molecule has 168 valence electrons. The Morgan fingerprint density at radius 2 is 1.60 bits per heavy atom. The van der Waals surface area contributed by atoms with Crippen LogP contribution in [0.1, 0.15) is 49.5 Å². The van der Waals surface area contributed by atoms with Crippen LogP contribution in [0.15, 0.2) is 53.4 Å². The standard InChI is InChI=1S/C9H12ClN.C8H9NO3S.C6H14/c1-11-7-6-8-2-4-9(10)5-3-8;1-13(11,12)7-4-2-6(3-5-7)8(9)10;1-4-5-6(2)3/h2-5,11H,6-7H2,1H3;2-5H,1H3,(H2,9,10);6H,4-5H2,1-3H3. The molecule has 0 radical (unpaired) electrons. The molecule has 7 heteroatoms. The number of hydrogen-bond acceptors (Lipinski definition) is 4. The summed E-state index contributed by atoms with van der Waals surface area (Å²) in [5.41, 5.74) is 6.61. The summed E-state index contributed by atoms with van der Waals surface area (Å²) >= 11 is 5.73. The molecule has 0 saturated carbocycles. The van der Waals surface area contributed by atoms with Gasteiger partial charge in [-0.05, 0) is 67.9 Å². The number of sulfone groups is 1. The van der Waals surface area contributed by atoms with Crippen LogP contribution in [-0.4, -0.2) is 34.2 Å². The number of hydrogen-bond donors (Lipinski definition) is 2. The van der Waals surface area contributed by atoms with Gasteiger partial charge in [0.05, 0.1) is 4.90 Å². The summed E-state index contributed by atoms with van der Waals surface area (Å²) in [5, 5.41) is 3.90. The van der Waals surface area contributed by atoms with Gasteiger partial charge in [-0.1, -0.05) is 57.3 Å². The molecule has 0 aromatic heterocycles. The molecule has 2 rings (SSSR count). The van der Waals surface area contributed by atoms with Gasteiger partial charge < -0.3 is 11.1 Å². The molecule has 0 saturated heterocycles. The van der Waals surface area contributed by atoms with Crippen LogP contribution >= 0.6 is 11.6 Å². The second-order valence-electron chi connectivity index (χ2n) is 7.32. The van der Waals surface area contributed by atoms with Crippen molar-refractivity contribution in [2.24, 2.45) is 11.7 Å². The normalized spacial score (nSPS) is 10.5. The molecule has 0 heterocycles. The maximum Gasteiger partial charge on any atom is 0.248 e. The van der Waals surface area contributed by atoms with Crippen molar-refractivity contribution in [3.63, 3.8) is 0 Å². The lowest BCUT2D eigenvalue weighted by Gasteiger charge is -1.99. The largest absolute Gasteiger partial charge is 0.366 e. The third kappa shape index (κ3) is 13.4. The maximum absolute atomic E-state index is 11.0. The molecule has 2 aromatic rings. The van der Waals surface area contributed by atoms with Crippen molar-refractivity contribution in [2.45, 2.75) is 44.9 Å². The van der Waals surface area contributed by atoms with Crippen molar-refractivity contribution in [2.75, 3.05) is 19.8 Å². The number of benzene rings is 2. The van der Waals surface area contributed by atoms with Crippen molar-refractivity contribution in [3.8, 4) is 0 Å². The molecule has 0 atom stereocenters. The lowest BCUT2D eigenvalue weighted by Crippen LogP contribution is -2.10. The molecule has 0 aliphatic rings. The fourth-order valence-electron chi connectivity index (χ4n) is 2.36. The van der Waals surface area contributed by atoms with Gasteiger partial charge in [0, 0.05) is 16.8 Å². The van der Waals surface area contributed by atoms with Gasteiger partial charge in [-0.2, -0.15) is 0 Å². The zero-order valence-corrected chi connectivity index (χ0v) is 20.2.